The Morgan fingerprint density at radius 2 is 1.78 bits per heavy atom. The van der Waals surface area contributed by atoms with Crippen LogP contribution < -0.4 is 20.7 Å². The van der Waals surface area contributed by atoms with E-state index in [1.54, 1.807) is 35.2 Å². The summed E-state index contributed by atoms with van der Waals surface area (Å²) in [4.78, 5) is 39.4. The summed E-state index contributed by atoms with van der Waals surface area (Å²) in [5, 5.41) is 9.08. The molecule has 3 aromatic carbocycles. The topological polar surface area (TPSA) is 99.8 Å². The van der Waals surface area contributed by atoms with E-state index in [-0.39, 0.29) is 30.4 Å². The zero-order chi connectivity index (χ0) is 25.9. The van der Waals surface area contributed by atoms with Crippen LogP contribution in [0, 0.1) is 0 Å². The molecule has 3 N–H and O–H groups in total. The fourth-order valence-corrected chi connectivity index (χ4v) is 4.58. The van der Waals surface area contributed by atoms with Crippen LogP contribution in [0.15, 0.2) is 60.7 Å². The van der Waals surface area contributed by atoms with Gasteiger partial charge in [0.05, 0.1) is 5.69 Å². The van der Waals surface area contributed by atoms with Crippen LogP contribution in [0.5, 0.6) is 5.75 Å². The molecule has 0 fully saturated rings. The highest BCUT2D eigenvalue weighted by Crippen LogP contribution is 2.29. The number of hydrogen-bond acceptors (Lipinski definition) is 5. The van der Waals surface area contributed by atoms with E-state index in [2.05, 4.69) is 22.0 Å². The fourth-order valence-electron chi connectivity index (χ4n) is 4.58. The molecule has 5 rings (SSSR count). The normalized spacial score (nSPS) is 14.2. The Kier molecular flexibility index (Phi) is 6.92. The molecule has 2 aliphatic heterocycles. The van der Waals surface area contributed by atoms with Crippen LogP contribution >= 0.6 is 0 Å². The van der Waals surface area contributed by atoms with E-state index in [4.69, 9.17) is 4.74 Å². The van der Waals surface area contributed by atoms with E-state index in [0.717, 1.165) is 30.8 Å². The number of rotatable bonds is 6. The van der Waals surface area contributed by atoms with Crippen molar-refractivity contribution in [3.63, 3.8) is 0 Å². The highest BCUT2D eigenvalue weighted by molar-refractivity contribution is 6.04. The molecule has 0 radical (unpaired) electrons. The molecule has 8 heteroatoms. The number of fused-ring (bicyclic) bond motifs is 2. The molecule has 0 spiro atoms. The van der Waals surface area contributed by atoms with Crippen LogP contribution in [-0.4, -0.2) is 41.8 Å². The standard InChI is InChI=1S/C29H30N4O4/c1-18(2)33(29(36)22-8-10-25-26(14-22)37-17-27(34)32-25)16-19-3-5-20(6-4-19)28(35)31-24-9-7-23-15-30-12-11-21(23)13-24/h3-10,13-14,18,30H,11-12,15-17H2,1-2H3,(H,31,35)(H,32,34). The minimum absolute atomic E-state index is 0.0497. The second kappa shape index (κ2) is 10.4. The van der Waals surface area contributed by atoms with Gasteiger partial charge in [-0.1, -0.05) is 18.2 Å². The average Bonchev–Trinajstić information content (AvgIpc) is 2.91. The molecule has 190 valence electrons. The van der Waals surface area contributed by atoms with Crippen LogP contribution in [0.4, 0.5) is 11.4 Å². The summed E-state index contributed by atoms with van der Waals surface area (Å²) in [7, 11) is 0. The fraction of sp³-hybridized carbons (Fsp3) is 0.276. The van der Waals surface area contributed by atoms with Crippen molar-refractivity contribution in [2.24, 2.45) is 0 Å². The number of ether oxygens (including phenoxy) is 1. The lowest BCUT2D eigenvalue weighted by Crippen LogP contribution is -2.36. The van der Waals surface area contributed by atoms with E-state index >= 15 is 0 Å². The second-order valence-electron chi connectivity index (χ2n) is 9.64. The lowest BCUT2D eigenvalue weighted by atomic mass is 10.0. The summed E-state index contributed by atoms with van der Waals surface area (Å²) in [6, 6.07) is 18.4. The third-order valence-electron chi connectivity index (χ3n) is 6.67. The van der Waals surface area contributed by atoms with Gasteiger partial charge in [-0.15, -0.1) is 0 Å². The highest BCUT2D eigenvalue weighted by Gasteiger charge is 2.23. The molecule has 0 bridgehead atoms. The summed E-state index contributed by atoms with van der Waals surface area (Å²) in [5.74, 6) is -0.0334. The first-order valence-corrected chi connectivity index (χ1v) is 12.5. The van der Waals surface area contributed by atoms with E-state index < -0.39 is 0 Å². The molecular formula is C29H30N4O4. The third-order valence-corrected chi connectivity index (χ3v) is 6.67. The SMILES string of the molecule is CC(C)N(Cc1ccc(C(=O)Nc2ccc3c(c2)CCNC3)cc1)C(=O)c1ccc2c(c1)OCC(=O)N2. The van der Waals surface area contributed by atoms with Gasteiger partial charge in [0, 0.05) is 35.9 Å². The molecule has 3 amide bonds. The first-order valence-electron chi connectivity index (χ1n) is 12.5. The largest absolute Gasteiger partial charge is 0.482 e. The van der Waals surface area contributed by atoms with Gasteiger partial charge < -0.3 is 25.6 Å². The van der Waals surface area contributed by atoms with Crippen LogP contribution in [-0.2, 0) is 24.3 Å². The summed E-state index contributed by atoms with van der Waals surface area (Å²) in [6.45, 7) is 6.06. The Balaban J connectivity index is 1.26. The number of nitrogens with zero attached hydrogens (tertiary/aromatic N) is 1. The summed E-state index contributed by atoms with van der Waals surface area (Å²) >= 11 is 0. The minimum Gasteiger partial charge on any atom is -0.482 e. The molecule has 8 nitrogen and oxygen atoms in total. The maximum atomic E-state index is 13.3. The number of amides is 3. The Morgan fingerprint density at radius 1 is 1.00 bits per heavy atom. The van der Waals surface area contributed by atoms with Gasteiger partial charge >= 0.3 is 0 Å². The summed E-state index contributed by atoms with van der Waals surface area (Å²) in [5.41, 5.74) is 5.85. The molecule has 2 heterocycles. The van der Waals surface area contributed by atoms with Gasteiger partial charge in [-0.05, 0) is 86.0 Å². The molecule has 0 saturated carbocycles. The molecule has 3 aromatic rings. The van der Waals surface area contributed by atoms with Crippen molar-refractivity contribution in [3.8, 4) is 5.75 Å². The van der Waals surface area contributed by atoms with Gasteiger partial charge in [-0.2, -0.15) is 0 Å². The Labute approximate surface area is 216 Å². The molecule has 0 atom stereocenters. The second-order valence-corrected chi connectivity index (χ2v) is 9.64. The average molecular weight is 499 g/mol. The molecule has 0 saturated heterocycles. The lowest BCUT2D eigenvalue weighted by molar-refractivity contribution is -0.118. The van der Waals surface area contributed by atoms with E-state index in [1.807, 2.05) is 38.1 Å². The van der Waals surface area contributed by atoms with Crippen LogP contribution in [0.25, 0.3) is 0 Å². The number of hydrogen-bond donors (Lipinski definition) is 3. The van der Waals surface area contributed by atoms with Crippen molar-refractivity contribution in [1.82, 2.24) is 10.2 Å². The predicted octanol–water partition coefficient (Wildman–Crippen LogP) is 3.97. The van der Waals surface area contributed by atoms with Gasteiger partial charge in [0.25, 0.3) is 17.7 Å². The number of carbonyl (C=O) groups is 3. The molecule has 0 aliphatic carbocycles. The zero-order valence-corrected chi connectivity index (χ0v) is 21.0. The number of nitrogens with one attached hydrogen (secondary N) is 3. The van der Waals surface area contributed by atoms with Gasteiger partial charge in [0.1, 0.15) is 5.75 Å². The van der Waals surface area contributed by atoms with E-state index in [1.165, 1.54) is 11.1 Å². The monoisotopic (exact) mass is 498 g/mol. The number of anilines is 2. The number of benzene rings is 3. The quantitative estimate of drug-likeness (QED) is 0.478. The summed E-state index contributed by atoms with van der Waals surface area (Å²) < 4.78 is 5.47. The molecular weight excluding hydrogens is 468 g/mol. The van der Waals surface area contributed by atoms with Crippen LogP contribution in [0.3, 0.4) is 0 Å². The lowest BCUT2D eigenvalue weighted by Gasteiger charge is -2.28. The van der Waals surface area contributed by atoms with Crippen LogP contribution in [0.2, 0.25) is 0 Å². The van der Waals surface area contributed by atoms with Gasteiger partial charge in [0.2, 0.25) is 0 Å². The summed E-state index contributed by atoms with van der Waals surface area (Å²) in [6.07, 6.45) is 0.952. The predicted molar refractivity (Wildman–Crippen MR) is 142 cm³/mol. The Hall–Kier alpha value is -4.17. The molecule has 0 aromatic heterocycles. The van der Waals surface area contributed by atoms with Crippen molar-refractivity contribution < 1.29 is 19.1 Å². The first kappa shape index (κ1) is 24.5. The van der Waals surface area contributed by atoms with Crippen LogP contribution in [0.1, 0.15) is 51.3 Å². The van der Waals surface area contributed by atoms with Gasteiger partial charge in [0.15, 0.2) is 6.61 Å². The smallest absolute Gasteiger partial charge is 0.262 e. The van der Waals surface area contributed by atoms with Gasteiger partial charge in [-0.3, -0.25) is 14.4 Å². The number of carbonyl (C=O) groups excluding carboxylic acids is 3. The van der Waals surface area contributed by atoms with E-state index in [0.29, 0.717) is 29.1 Å². The highest BCUT2D eigenvalue weighted by atomic mass is 16.5. The van der Waals surface area contributed by atoms with Gasteiger partial charge in [-0.25, -0.2) is 0 Å². The molecule has 37 heavy (non-hydrogen) atoms. The third kappa shape index (κ3) is 5.49. The maximum absolute atomic E-state index is 13.3. The molecule has 0 unspecified atom stereocenters. The van der Waals surface area contributed by atoms with Crippen molar-refractivity contribution in [2.75, 3.05) is 23.8 Å². The zero-order valence-electron chi connectivity index (χ0n) is 21.0. The van der Waals surface area contributed by atoms with Crippen molar-refractivity contribution >= 4 is 29.1 Å². The Bertz CT molecular complexity index is 1350. The molecule has 2 aliphatic rings. The van der Waals surface area contributed by atoms with Crippen molar-refractivity contribution in [1.29, 1.82) is 0 Å². The van der Waals surface area contributed by atoms with Crippen molar-refractivity contribution in [2.45, 2.75) is 39.4 Å². The maximum Gasteiger partial charge on any atom is 0.262 e. The minimum atomic E-state index is -0.215. The van der Waals surface area contributed by atoms with Crippen molar-refractivity contribution in [3.05, 3.63) is 88.5 Å². The van der Waals surface area contributed by atoms with E-state index in [9.17, 15) is 14.4 Å². The Morgan fingerprint density at radius 3 is 2.57 bits per heavy atom. The first-order chi connectivity index (χ1) is 17.9.